The second-order valence-electron chi connectivity index (χ2n) is 5.73. The van der Waals surface area contributed by atoms with Crippen LogP contribution in [0.4, 0.5) is 5.82 Å². The fourth-order valence-electron chi connectivity index (χ4n) is 2.70. The Morgan fingerprint density at radius 2 is 1.82 bits per heavy atom. The first kappa shape index (κ1) is 14.5. The van der Waals surface area contributed by atoms with E-state index in [4.69, 9.17) is 5.73 Å². The molecular weight excluding hydrogens is 270 g/mol. The maximum Gasteiger partial charge on any atom is 0.131 e. The first-order valence-corrected chi connectivity index (χ1v) is 7.58. The molecule has 3 nitrogen and oxygen atoms in total. The summed E-state index contributed by atoms with van der Waals surface area (Å²) >= 11 is 0. The van der Waals surface area contributed by atoms with Gasteiger partial charge in [0.15, 0.2) is 0 Å². The summed E-state index contributed by atoms with van der Waals surface area (Å²) in [7, 11) is 2.16. The van der Waals surface area contributed by atoms with Gasteiger partial charge in [-0.05, 0) is 42.1 Å². The van der Waals surface area contributed by atoms with Crippen molar-refractivity contribution in [1.82, 2.24) is 9.88 Å². The molecule has 3 aromatic rings. The Labute approximate surface area is 131 Å². The van der Waals surface area contributed by atoms with Crippen molar-refractivity contribution >= 4 is 16.6 Å². The van der Waals surface area contributed by atoms with Crippen LogP contribution in [0.5, 0.6) is 0 Å². The lowest BCUT2D eigenvalue weighted by molar-refractivity contribution is 0.331. The first-order valence-electron chi connectivity index (χ1n) is 7.58. The van der Waals surface area contributed by atoms with E-state index in [1.54, 1.807) is 6.20 Å². The lowest BCUT2D eigenvalue weighted by Crippen LogP contribution is -2.20. The van der Waals surface area contributed by atoms with Gasteiger partial charge in [-0.3, -0.25) is 0 Å². The van der Waals surface area contributed by atoms with Crippen LogP contribution < -0.4 is 5.73 Å². The van der Waals surface area contributed by atoms with Gasteiger partial charge in [0.05, 0.1) is 0 Å². The average molecular weight is 291 g/mol. The molecule has 0 amide bonds. The number of nitrogens with two attached hydrogens (primary N) is 1. The SMILES string of the molecule is CN(CCc1ccccc1)Cc1ccc2c(N)nccc2c1. The second kappa shape index (κ2) is 6.58. The van der Waals surface area contributed by atoms with Gasteiger partial charge >= 0.3 is 0 Å². The first-order chi connectivity index (χ1) is 10.7. The zero-order valence-electron chi connectivity index (χ0n) is 12.9. The van der Waals surface area contributed by atoms with Gasteiger partial charge in [0, 0.05) is 24.7 Å². The third kappa shape index (κ3) is 3.43. The van der Waals surface area contributed by atoms with Crippen molar-refractivity contribution in [2.24, 2.45) is 0 Å². The topological polar surface area (TPSA) is 42.1 Å². The summed E-state index contributed by atoms with van der Waals surface area (Å²) in [4.78, 5) is 6.47. The number of benzene rings is 2. The maximum absolute atomic E-state index is 5.90. The van der Waals surface area contributed by atoms with Gasteiger partial charge in [0.25, 0.3) is 0 Å². The van der Waals surface area contributed by atoms with E-state index in [2.05, 4.69) is 65.5 Å². The van der Waals surface area contributed by atoms with Gasteiger partial charge in [0.2, 0.25) is 0 Å². The van der Waals surface area contributed by atoms with Gasteiger partial charge < -0.3 is 10.6 Å². The minimum Gasteiger partial charge on any atom is -0.383 e. The largest absolute Gasteiger partial charge is 0.383 e. The van der Waals surface area contributed by atoms with E-state index in [1.165, 1.54) is 11.1 Å². The van der Waals surface area contributed by atoms with Crippen molar-refractivity contribution in [2.75, 3.05) is 19.3 Å². The molecule has 2 aromatic carbocycles. The molecule has 0 bridgehead atoms. The second-order valence-corrected chi connectivity index (χ2v) is 5.73. The number of hydrogen-bond acceptors (Lipinski definition) is 3. The van der Waals surface area contributed by atoms with Crippen LogP contribution in [0, 0.1) is 0 Å². The van der Waals surface area contributed by atoms with Crippen LogP contribution >= 0.6 is 0 Å². The van der Waals surface area contributed by atoms with E-state index in [0.717, 1.165) is 30.3 Å². The van der Waals surface area contributed by atoms with Crippen LogP contribution in [0.15, 0.2) is 60.8 Å². The summed E-state index contributed by atoms with van der Waals surface area (Å²) in [6, 6.07) is 19.0. The Kier molecular flexibility index (Phi) is 4.35. The molecule has 0 aliphatic rings. The van der Waals surface area contributed by atoms with Crippen LogP contribution in [0.1, 0.15) is 11.1 Å². The molecule has 3 rings (SSSR count). The highest BCUT2D eigenvalue weighted by Gasteiger charge is 2.04. The Balaban J connectivity index is 1.65. The molecule has 1 heterocycles. The average Bonchev–Trinajstić information content (AvgIpc) is 2.54. The number of pyridine rings is 1. The van der Waals surface area contributed by atoms with E-state index in [1.807, 2.05) is 6.07 Å². The Morgan fingerprint density at radius 1 is 1.00 bits per heavy atom. The van der Waals surface area contributed by atoms with Crippen LogP contribution in [0.2, 0.25) is 0 Å². The summed E-state index contributed by atoms with van der Waals surface area (Å²) in [6.07, 6.45) is 2.84. The lowest BCUT2D eigenvalue weighted by Gasteiger charge is -2.17. The Hall–Kier alpha value is -2.39. The smallest absolute Gasteiger partial charge is 0.131 e. The maximum atomic E-state index is 5.90. The molecule has 0 fully saturated rings. The number of aromatic nitrogens is 1. The standard InChI is InChI=1S/C19H21N3/c1-22(12-10-15-5-3-2-4-6-15)14-16-7-8-18-17(13-16)9-11-21-19(18)20/h2-9,11,13H,10,12,14H2,1H3,(H2,20,21). The number of nitrogens with zero attached hydrogens (tertiary/aromatic N) is 2. The van der Waals surface area contributed by atoms with Gasteiger partial charge in [-0.1, -0.05) is 42.5 Å². The van der Waals surface area contributed by atoms with Gasteiger partial charge in [-0.25, -0.2) is 4.98 Å². The molecule has 0 atom stereocenters. The zero-order valence-corrected chi connectivity index (χ0v) is 12.9. The summed E-state index contributed by atoms with van der Waals surface area (Å²) in [5, 5.41) is 2.18. The van der Waals surface area contributed by atoms with Crippen molar-refractivity contribution < 1.29 is 0 Å². The third-order valence-corrected chi connectivity index (χ3v) is 3.94. The molecule has 2 N–H and O–H groups in total. The summed E-state index contributed by atoms with van der Waals surface area (Å²) in [5.41, 5.74) is 8.58. The minimum atomic E-state index is 0.599. The third-order valence-electron chi connectivity index (χ3n) is 3.94. The monoisotopic (exact) mass is 291 g/mol. The zero-order chi connectivity index (χ0) is 15.4. The molecular formula is C19H21N3. The molecule has 1 aromatic heterocycles. The Bertz CT molecular complexity index is 753. The van der Waals surface area contributed by atoms with Crippen molar-refractivity contribution in [1.29, 1.82) is 0 Å². The normalized spacial score (nSPS) is 11.2. The molecule has 0 unspecified atom stereocenters. The fourth-order valence-corrected chi connectivity index (χ4v) is 2.70. The van der Waals surface area contributed by atoms with Crippen molar-refractivity contribution in [2.45, 2.75) is 13.0 Å². The molecule has 0 aliphatic heterocycles. The van der Waals surface area contributed by atoms with E-state index in [-0.39, 0.29) is 0 Å². The quantitative estimate of drug-likeness (QED) is 0.782. The molecule has 3 heteroatoms. The Morgan fingerprint density at radius 3 is 2.64 bits per heavy atom. The summed E-state index contributed by atoms with van der Waals surface area (Å²) in [5.74, 6) is 0.599. The molecule has 0 spiro atoms. The van der Waals surface area contributed by atoms with Crippen LogP contribution in [-0.4, -0.2) is 23.5 Å². The highest BCUT2D eigenvalue weighted by Crippen LogP contribution is 2.20. The van der Waals surface area contributed by atoms with Crippen molar-refractivity contribution in [3.8, 4) is 0 Å². The number of likely N-dealkylation sites (N-methyl/N-ethyl adjacent to an activating group) is 1. The number of rotatable bonds is 5. The predicted octanol–water partition coefficient (Wildman–Crippen LogP) is 3.49. The van der Waals surface area contributed by atoms with Gasteiger partial charge in [0.1, 0.15) is 5.82 Å². The minimum absolute atomic E-state index is 0.599. The molecule has 0 saturated heterocycles. The number of fused-ring (bicyclic) bond motifs is 1. The molecule has 112 valence electrons. The summed E-state index contributed by atoms with van der Waals surface area (Å²) in [6.45, 7) is 1.98. The van der Waals surface area contributed by atoms with E-state index in [9.17, 15) is 0 Å². The molecule has 0 radical (unpaired) electrons. The van der Waals surface area contributed by atoms with Crippen LogP contribution in [0.25, 0.3) is 10.8 Å². The molecule has 22 heavy (non-hydrogen) atoms. The van der Waals surface area contributed by atoms with Crippen molar-refractivity contribution in [3.05, 3.63) is 71.9 Å². The van der Waals surface area contributed by atoms with Gasteiger partial charge in [-0.15, -0.1) is 0 Å². The van der Waals surface area contributed by atoms with Crippen LogP contribution in [0.3, 0.4) is 0 Å². The lowest BCUT2D eigenvalue weighted by atomic mass is 10.1. The van der Waals surface area contributed by atoms with Gasteiger partial charge in [-0.2, -0.15) is 0 Å². The predicted molar refractivity (Wildman–Crippen MR) is 92.6 cm³/mol. The number of hydrogen-bond donors (Lipinski definition) is 1. The molecule has 0 saturated carbocycles. The summed E-state index contributed by atoms with van der Waals surface area (Å²) < 4.78 is 0. The highest BCUT2D eigenvalue weighted by atomic mass is 15.1. The van der Waals surface area contributed by atoms with E-state index in [0.29, 0.717) is 5.82 Å². The van der Waals surface area contributed by atoms with E-state index < -0.39 is 0 Å². The highest BCUT2D eigenvalue weighted by molar-refractivity contribution is 5.91. The number of nitrogen functional groups attached to an aromatic ring is 1. The van der Waals surface area contributed by atoms with Crippen molar-refractivity contribution in [3.63, 3.8) is 0 Å². The fraction of sp³-hybridized carbons (Fsp3) is 0.211. The van der Waals surface area contributed by atoms with Crippen LogP contribution in [-0.2, 0) is 13.0 Å². The number of anilines is 1. The molecule has 0 aliphatic carbocycles. The van der Waals surface area contributed by atoms with E-state index >= 15 is 0 Å².